The quantitative estimate of drug-likeness (QED) is 0.633. The summed E-state index contributed by atoms with van der Waals surface area (Å²) in [5.41, 5.74) is 2.95. The van der Waals surface area contributed by atoms with Crippen molar-refractivity contribution < 1.29 is 17.5 Å². The number of halogens is 2. The summed E-state index contributed by atoms with van der Waals surface area (Å²) in [6.07, 6.45) is 0.363. The van der Waals surface area contributed by atoms with E-state index in [9.17, 15) is 12.8 Å². The largest absolute Gasteiger partial charge is 0.361 e. The molecule has 0 aliphatic heterocycles. The van der Waals surface area contributed by atoms with Gasteiger partial charge >= 0.3 is 0 Å². The lowest BCUT2D eigenvalue weighted by atomic mass is 10.1. The van der Waals surface area contributed by atoms with Crippen LogP contribution in [0.15, 0.2) is 47.5 Å². The van der Waals surface area contributed by atoms with Gasteiger partial charge in [-0.3, -0.25) is 0 Å². The zero-order valence-corrected chi connectivity index (χ0v) is 17.2. The number of imidazole rings is 1. The van der Waals surface area contributed by atoms with Crippen molar-refractivity contribution in [3.8, 4) is 0 Å². The lowest BCUT2D eigenvalue weighted by Gasteiger charge is -2.17. The second kappa shape index (κ2) is 8.03. The van der Waals surface area contributed by atoms with Crippen LogP contribution in [0.4, 0.5) is 4.39 Å². The van der Waals surface area contributed by atoms with Crippen LogP contribution in [0.5, 0.6) is 0 Å². The van der Waals surface area contributed by atoms with Gasteiger partial charge in [-0.2, -0.15) is 0 Å². The molecule has 1 heterocycles. The molecule has 0 spiro atoms. The minimum absolute atomic E-state index is 0.0277. The van der Waals surface area contributed by atoms with E-state index in [-0.39, 0.29) is 16.7 Å². The first-order valence-corrected chi connectivity index (χ1v) is 10.8. The van der Waals surface area contributed by atoms with E-state index in [1.807, 2.05) is 31.2 Å². The molecule has 0 saturated carbocycles. The van der Waals surface area contributed by atoms with Crippen molar-refractivity contribution in [1.82, 2.24) is 9.97 Å². The van der Waals surface area contributed by atoms with E-state index in [2.05, 4.69) is 9.97 Å². The number of rotatable bonds is 6. The summed E-state index contributed by atoms with van der Waals surface area (Å²) < 4.78 is 43.6. The molecule has 0 aliphatic rings. The minimum atomic E-state index is -3.48. The van der Waals surface area contributed by atoms with E-state index in [1.165, 1.54) is 12.1 Å². The van der Waals surface area contributed by atoms with Crippen molar-refractivity contribution >= 4 is 21.4 Å². The molecule has 5 nitrogen and oxygen atoms in total. The SMILES string of the molecule is Cc1cccc(COC(c2ccc(F)c(Cl)c2)c2nc(C)c(S(C)(=O)=O)[nH]2)c1. The highest BCUT2D eigenvalue weighted by atomic mass is 35.5. The van der Waals surface area contributed by atoms with E-state index in [1.54, 1.807) is 13.0 Å². The number of nitrogens with one attached hydrogen (secondary N) is 1. The smallest absolute Gasteiger partial charge is 0.192 e. The minimum Gasteiger partial charge on any atom is -0.361 e. The maximum Gasteiger partial charge on any atom is 0.192 e. The van der Waals surface area contributed by atoms with E-state index in [0.717, 1.165) is 17.4 Å². The summed E-state index contributed by atoms with van der Waals surface area (Å²) in [6, 6.07) is 12.1. The Morgan fingerprint density at radius 3 is 2.57 bits per heavy atom. The van der Waals surface area contributed by atoms with Crippen LogP contribution in [0, 0.1) is 19.7 Å². The van der Waals surface area contributed by atoms with Crippen molar-refractivity contribution in [1.29, 1.82) is 0 Å². The molecule has 1 atom stereocenters. The topological polar surface area (TPSA) is 72.0 Å². The normalized spacial score (nSPS) is 12.9. The molecule has 1 unspecified atom stereocenters. The summed E-state index contributed by atoms with van der Waals surface area (Å²) in [7, 11) is -3.48. The first-order valence-electron chi connectivity index (χ1n) is 8.54. The van der Waals surface area contributed by atoms with Gasteiger partial charge in [-0.15, -0.1) is 0 Å². The van der Waals surface area contributed by atoms with Crippen LogP contribution in [0.2, 0.25) is 5.02 Å². The molecule has 1 N–H and O–H groups in total. The van der Waals surface area contributed by atoms with Gasteiger partial charge in [0.2, 0.25) is 0 Å². The number of hydrogen-bond donors (Lipinski definition) is 1. The van der Waals surface area contributed by atoms with Gasteiger partial charge in [-0.05, 0) is 37.1 Å². The van der Waals surface area contributed by atoms with E-state index < -0.39 is 21.8 Å². The molecular formula is C20H20ClFN2O3S. The van der Waals surface area contributed by atoms with Gasteiger partial charge in [0.1, 0.15) is 17.7 Å². The highest BCUT2D eigenvalue weighted by Crippen LogP contribution is 2.30. The van der Waals surface area contributed by atoms with E-state index >= 15 is 0 Å². The number of hydrogen-bond acceptors (Lipinski definition) is 4. The molecule has 0 aliphatic carbocycles. The predicted molar refractivity (Wildman–Crippen MR) is 106 cm³/mol. The maximum absolute atomic E-state index is 13.6. The molecule has 0 saturated heterocycles. The fourth-order valence-electron chi connectivity index (χ4n) is 2.94. The van der Waals surface area contributed by atoms with Crippen molar-refractivity contribution in [2.75, 3.05) is 6.26 Å². The Hall–Kier alpha value is -2.22. The van der Waals surface area contributed by atoms with E-state index in [0.29, 0.717) is 17.1 Å². The molecule has 148 valence electrons. The fraction of sp³-hybridized carbons (Fsp3) is 0.250. The number of aryl methyl sites for hydroxylation is 2. The molecule has 8 heteroatoms. The summed E-state index contributed by atoms with van der Waals surface area (Å²) in [5.74, 6) is -0.233. The molecule has 0 radical (unpaired) electrons. The van der Waals surface area contributed by atoms with Crippen LogP contribution in [0.25, 0.3) is 0 Å². The second-order valence-electron chi connectivity index (χ2n) is 6.66. The molecule has 1 aromatic heterocycles. The first-order chi connectivity index (χ1) is 13.1. The average molecular weight is 423 g/mol. The molecule has 3 rings (SSSR count). The van der Waals surface area contributed by atoms with Gasteiger partial charge in [-0.25, -0.2) is 17.8 Å². The van der Waals surface area contributed by atoms with Crippen molar-refractivity contribution in [2.24, 2.45) is 0 Å². The highest BCUT2D eigenvalue weighted by molar-refractivity contribution is 7.90. The Bertz CT molecular complexity index is 1110. The van der Waals surface area contributed by atoms with Crippen molar-refractivity contribution in [3.63, 3.8) is 0 Å². The number of ether oxygens (including phenoxy) is 1. The summed E-state index contributed by atoms with van der Waals surface area (Å²) in [6.45, 7) is 3.84. The third-order valence-electron chi connectivity index (χ3n) is 4.22. The Balaban J connectivity index is 2.00. The van der Waals surface area contributed by atoms with E-state index in [4.69, 9.17) is 16.3 Å². The zero-order chi connectivity index (χ0) is 20.5. The van der Waals surface area contributed by atoms with Gasteiger partial charge in [0, 0.05) is 6.26 Å². The number of H-pyrrole nitrogens is 1. The van der Waals surface area contributed by atoms with Gasteiger partial charge in [-0.1, -0.05) is 47.5 Å². The maximum atomic E-state index is 13.6. The number of sulfone groups is 1. The van der Waals surface area contributed by atoms with Gasteiger partial charge in [0.15, 0.2) is 14.9 Å². The molecule has 28 heavy (non-hydrogen) atoms. The molecule has 3 aromatic rings. The average Bonchev–Trinajstić information content (AvgIpc) is 3.00. The molecular weight excluding hydrogens is 403 g/mol. The Morgan fingerprint density at radius 2 is 1.96 bits per heavy atom. The Labute approximate surface area is 168 Å². The van der Waals surface area contributed by atoms with Crippen molar-refractivity contribution in [2.45, 2.75) is 31.6 Å². The van der Waals surface area contributed by atoms with Crippen LogP contribution in [-0.4, -0.2) is 24.6 Å². The Kier molecular flexibility index (Phi) is 5.88. The van der Waals surface area contributed by atoms with Gasteiger partial charge in [0.05, 0.1) is 17.3 Å². The third kappa shape index (κ3) is 4.60. The Morgan fingerprint density at radius 1 is 1.21 bits per heavy atom. The predicted octanol–water partition coefficient (Wildman–Crippen LogP) is 4.53. The number of aromatic nitrogens is 2. The van der Waals surface area contributed by atoms with Crippen LogP contribution in [0.1, 0.15) is 34.3 Å². The van der Waals surface area contributed by atoms with Gasteiger partial charge < -0.3 is 9.72 Å². The molecule has 0 bridgehead atoms. The lowest BCUT2D eigenvalue weighted by Crippen LogP contribution is -2.09. The van der Waals surface area contributed by atoms with Crippen LogP contribution >= 0.6 is 11.6 Å². The molecule has 0 fully saturated rings. The standard InChI is InChI=1S/C20H20ClFN2O3S/c1-12-5-4-6-14(9-12)11-27-18(15-7-8-17(22)16(21)10-15)19-23-13(2)20(24-19)28(3,25)26/h4-10,18H,11H2,1-3H3,(H,23,24). The number of benzene rings is 2. The summed E-state index contributed by atoms with van der Waals surface area (Å²) in [4.78, 5) is 7.18. The first kappa shape index (κ1) is 20.5. The highest BCUT2D eigenvalue weighted by Gasteiger charge is 2.24. The van der Waals surface area contributed by atoms with Crippen molar-refractivity contribution in [3.05, 3.63) is 81.5 Å². The number of nitrogens with zero attached hydrogens (tertiary/aromatic N) is 1. The van der Waals surface area contributed by atoms with Crippen LogP contribution in [-0.2, 0) is 21.2 Å². The summed E-state index contributed by atoms with van der Waals surface area (Å²) in [5, 5.41) is -0.0202. The zero-order valence-electron chi connectivity index (χ0n) is 15.7. The van der Waals surface area contributed by atoms with Gasteiger partial charge in [0.25, 0.3) is 0 Å². The lowest BCUT2D eigenvalue weighted by molar-refractivity contribution is 0.0613. The van der Waals surface area contributed by atoms with Crippen LogP contribution < -0.4 is 0 Å². The summed E-state index contributed by atoms with van der Waals surface area (Å²) >= 11 is 5.94. The molecule has 0 amide bonds. The van der Waals surface area contributed by atoms with Crippen LogP contribution in [0.3, 0.4) is 0 Å². The second-order valence-corrected chi connectivity index (χ2v) is 9.02. The molecule has 2 aromatic carbocycles. The third-order valence-corrected chi connectivity index (χ3v) is 5.65. The number of aromatic amines is 1. The fourth-order valence-corrected chi connectivity index (χ4v) is 4.00. The monoisotopic (exact) mass is 422 g/mol.